The summed E-state index contributed by atoms with van der Waals surface area (Å²) in [4.78, 5) is 4.88. The van der Waals surface area contributed by atoms with Crippen LogP contribution in [0.1, 0.15) is 5.56 Å². The van der Waals surface area contributed by atoms with E-state index in [0.29, 0.717) is 5.75 Å². The Labute approximate surface area is 111 Å². The van der Waals surface area contributed by atoms with E-state index in [4.69, 9.17) is 0 Å². The van der Waals surface area contributed by atoms with Crippen molar-refractivity contribution in [2.24, 2.45) is 0 Å². The molecule has 0 radical (unpaired) electrons. The summed E-state index contributed by atoms with van der Waals surface area (Å²) in [5, 5.41) is 13.0. The van der Waals surface area contributed by atoms with E-state index < -0.39 is 0 Å². The van der Waals surface area contributed by atoms with Crippen molar-refractivity contribution in [3.05, 3.63) is 29.1 Å². The van der Waals surface area contributed by atoms with Crippen molar-refractivity contribution in [1.29, 1.82) is 0 Å². The number of likely N-dealkylation sites (N-methyl/N-ethyl adjacent to an activating group) is 1. The largest absolute Gasteiger partial charge is 0.508 e. The van der Waals surface area contributed by atoms with Gasteiger partial charge in [0.1, 0.15) is 5.75 Å². The summed E-state index contributed by atoms with van der Waals surface area (Å²) < 4.78 is 1.18. The predicted molar refractivity (Wildman–Crippen MR) is 76.3 cm³/mol. The summed E-state index contributed by atoms with van der Waals surface area (Å²) in [6, 6.07) is 5.67. The summed E-state index contributed by atoms with van der Waals surface area (Å²) in [5.41, 5.74) is 1.39. The van der Waals surface area contributed by atoms with Crippen LogP contribution in [0, 0.1) is 0 Å². The molecule has 1 aromatic carbocycles. The highest BCUT2D eigenvalue weighted by Gasteiger charge is 2.15. The lowest BCUT2D eigenvalue weighted by Gasteiger charge is -2.32. The number of nitrogens with zero attached hydrogens (tertiary/aromatic N) is 2. The fourth-order valence-electron chi connectivity index (χ4n) is 2.44. The zero-order chi connectivity index (χ0) is 12.5. The van der Waals surface area contributed by atoms with E-state index >= 15 is 0 Å². The lowest BCUT2D eigenvalue weighted by molar-refractivity contribution is 0.148. The molecule has 2 aromatic rings. The first kappa shape index (κ1) is 12.0. The van der Waals surface area contributed by atoms with Crippen LogP contribution >= 0.6 is 11.3 Å². The summed E-state index contributed by atoms with van der Waals surface area (Å²) in [6.07, 6.45) is 0. The van der Waals surface area contributed by atoms with Gasteiger partial charge in [-0.3, -0.25) is 4.90 Å². The molecule has 3 rings (SSSR count). The van der Waals surface area contributed by atoms with Crippen LogP contribution < -0.4 is 0 Å². The number of hydrogen-bond acceptors (Lipinski definition) is 4. The van der Waals surface area contributed by atoms with Gasteiger partial charge in [0.15, 0.2) is 0 Å². The third-order valence-corrected chi connectivity index (χ3v) is 4.62. The van der Waals surface area contributed by atoms with Crippen LogP contribution in [0.25, 0.3) is 10.1 Å². The molecule has 0 amide bonds. The van der Waals surface area contributed by atoms with Crippen LogP contribution in [0.15, 0.2) is 23.6 Å². The van der Waals surface area contributed by atoms with Crippen LogP contribution in [0.2, 0.25) is 0 Å². The second kappa shape index (κ2) is 4.88. The first-order chi connectivity index (χ1) is 8.72. The van der Waals surface area contributed by atoms with Gasteiger partial charge in [-0.2, -0.15) is 0 Å². The van der Waals surface area contributed by atoms with Crippen molar-refractivity contribution < 1.29 is 5.11 Å². The van der Waals surface area contributed by atoms with Crippen LogP contribution in [-0.4, -0.2) is 48.1 Å². The maximum absolute atomic E-state index is 9.48. The summed E-state index contributed by atoms with van der Waals surface area (Å²) in [6.45, 7) is 5.63. The molecule has 1 saturated heterocycles. The Balaban J connectivity index is 1.78. The fourth-order valence-corrected chi connectivity index (χ4v) is 3.43. The normalized spacial score (nSPS) is 18.5. The maximum Gasteiger partial charge on any atom is 0.117 e. The molecular formula is C14H18N2OS. The molecule has 1 aliphatic rings. The molecule has 0 spiro atoms. The number of rotatable bonds is 2. The van der Waals surface area contributed by atoms with E-state index in [1.54, 1.807) is 17.4 Å². The summed E-state index contributed by atoms with van der Waals surface area (Å²) in [7, 11) is 2.18. The topological polar surface area (TPSA) is 26.7 Å². The van der Waals surface area contributed by atoms with Crippen LogP contribution in [0.5, 0.6) is 5.75 Å². The summed E-state index contributed by atoms with van der Waals surface area (Å²) >= 11 is 1.72. The Kier molecular flexibility index (Phi) is 3.24. The molecule has 1 aliphatic heterocycles. The Morgan fingerprint density at radius 2 is 2.00 bits per heavy atom. The van der Waals surface area contributed by atoms with Crippen LogP contribution in [0.3, 0.4) is 0 Å². The smallest absolute Gasteiger partial charge is 0.117 e. The minimum Gasteiger partial charge on any atom is -0.508 e. The number of phenolic OH excluding ortho intramolecular Hbond substituents is 1. The second-order valence-corrected chi connectivity index (χ2v) is 5.93. The summed E-state index contributed by atoms with van der Waals surface area (Å²) in [5.74, 6) is 0.357. The van der Waals surface area contributed by atoms with Crippen molar-refractivity contribution in [2.45, 2.75) is 6.54 Å². The minimum atomic E-state index is 0.357. The number of hydrogen-bond donors (Lipinski definition) is 1. The monoisotopic (exact) mass is 262 g/mol. The first-order valence-corrected chi connectivity index (χ1v) is 7.20. The predicted octanol–water partition coefficient (Wildman–Crippen LogP) is 2.35. The molecule has 1 fully saturated rings. The number of fused-ring (bicyclic) bond motifs is 1. The van der Waals surface area contributed by atoms with Gasteiger partial charge in [-0.15, -0.1) is 11.3 Å². The SMILES string of the molecule is CN1CCN(Cc2csc3cc(O)ccc23)CC1. The highest BCUT2D eigenvalue weighted by molar-refractivity contribution is 7.17. The third-order valence-electron chi connectivity index (χ3n) is 3.63. The molecule has 0 bridgehead atoms. The van der Waals surface area contributed by atoms with Gasteiger partial charge >= 0.3 is 0 Å². The Morgan fingerprint density at radius 3 is 2.78 bits per heavy atom. The zero-order valence-corrected chi connectivity index (χ0v) is 11.4. The van der Waals surface area contributed by atoms with Gasteiger partial charge in [0.2, 0.25) is 0 Å². The van der Waals surface area contributed by atoms with E-state index in [2.05, 4.69) is 22.2 Å². The van der Waals surface area contributed by atoms with Gasteiger partial charge in [-0.25, -0.2) is 0 Å². The number of phenols is 1. The molecule has 18 heavy (non-hydrogen) atoms. The second-order valence-electron chi connectivity index (χ2n) is 5.02. The molecule has 4 heteroatoms. The van der Waals surface area contributed by atoms with Crippen molar-refractivity contribution >= 4 is 21.4 Å². The Hall–Kier alpha value is -1.10. The Morgan fingerprint density at radius 1 is 1.22 bits per heavy atom. The lowest BCUT2D eigenvalue weighted by Crippen LogP contribution is -2.43. The molecule has 1 N–H and O–H groups in total. The maximum atomic E-state index is 9.48. The van der Waals surface area contributed by atoms with Crippen molar-refractivity contribution in [2.75, 3.05) is 33.2 Å². The number of piperazine rings is 1. The number of benzene rings is 1. The first-order valence-electron chi connectivity index (χ1n) is 6.32. The number of aromatic hydroxyl groups is 1. The molecule has 0 saturated carbocycles. The van der Waals surface area contributed by atoms with Crippen molar-refractivity contribution in [1.82, 2.24) is 9.80 Å². The average Bonchev–Trinajstić information content (AvgIpc) is 2.74. The molecular weight excluding hydrogens is 244 g/mol. The van der Waals surface area contributed by atoms with E-state index in [1.165, 1.54) is 15.6 Å². The van der Waals surface area contributed by atoms with Crippen molar-refractivity contribution in [3.63, 3.8) is 0 Å². The van der Waals surface area contributed by atoms with Crippen LogP contribution in [-0.2, 0) is 6.54 Å². The molecule has 2 heterocycles. The van der Waals surface area contributed by atoms with E-state index in [1.807, 2.05) is 12.1 Å². The van der Waals surface area contributed by atoms with Crippen molar-refractivity contribution in [3.8, 4) is 5.75 Å². The fraction of sp³-hybridized carbons (Fsp3) is 0.429. The molecule has 3 nitrogen and oxygen atoms in total. The minimum absolute atomic E-state index is 0.357. The molecule has 0 unspecified atom stereocenters. The van der Waals surface area contributed by atoms with Crippen LogP contribution in [0.4, 0.5) is 0 Å². The quantitative estimate of drug-likeness (QED) is 0.900. The molecule has 0 atom stereocenters. The van der Waals surface area contributed by atoms with E-state index in [9.17, 15) is 5.11 Å². The van der Waals surface area contributed by atoms with Gasteiger partial charge in [0.05, 0.1) is 0 Å². The van der Waals surface area contributed by atoms with Gasteiger partial charge in [-0.1, -0.05) is 0 Å². The highest BCUT2D eigenvalue weighted by Crippen LogP contribution is 2.30. The lowest BCUT2D eigenvalue weighted by atomic mass is 10.1. The number of thiophene rings is 1. The molecule has 96 valence electrons. The van der Waals surface area contributed by atoms with Gasteiger partial charge in [0.25, 0.3) is 0 Å². The van der Waals surface area contributed by atoms with Gasteiger partial charge in [0, 0.05) is 37.4 Å². The van der Waals surface area contributed by atoms with Gasteiger partial charge in [-0.05, 0) is 41.6 Å². The van der Waals surface area contributed by atoms with E-state index in [-0.39, 0.29) is 0 Å². The highest BCUT2D eigenvalue weighted by atomic mass is 32.1. The molecule has 0 aliphatic carbocycles. The molecule has 1 aromatic heterocycles. The Bertz CT molecular complexity index is 544. The average molecular weight is 262 g/mol. The third kappa shape index (κ3) is 2.36. The van der Waals surface area contributed by atoms with Gasteiger partial charge < -0.3 is 10.0 Å². The standard InChI is InChI=1S/C14H18N2OS/c1-15-4-6-16(7-5-15)9-11-10-18-14-8-12(17)2-3-13(11)14/h2-3,8,10,17H,4-7,9H2,1H3. The zero-order valence-electron chi connectivity index (χ0n) is 10.6. The van der Waals surface area contributed by atoms with E-state index in [0.717, 1.165) is 32.7 Å².